The molecule has 1 aliphatic rings. The molecule has 2 aromatic rings. The molecule has 0 aliphatic carbocycles. The molecule has 0 saturated heterocycles. The van der Waals surface area contributed by atoms with Gasteiger partial charge in [-0.2, -0.15) is 0 Å². The van der Waals surface area contributed by atoms with Gasteiger partial charge in [-0.1, -0.05) is 6.07 Å². The Labute approximate surface area is 150 Å². The van der Waals surface area contributed by atoms with Gasteiger partial charge in [0.25, 0.3) is 11.6 Å². The molecular weight excluding hydrogens is 334 g/mol. The van der Waals surface area contributed by atoms with E-state index in [2.05, 4.69) is 5.32 Å². The molecule has 2 amide bonds. The first-order chi connectivity index (χ1) is 12.4. The van der Waals surface area contributed by atoms with Crippen LogP contribution in [0.3, 0.4) is 0 Å². The molecule has 0 bridgehead atoms. The second-order valence-electron chi connectivity index (χ2n) is 6.33. The van der Waals surface area contributed by atoms with Crippen LogP contribution in [0.4, 0.5) is 17.1 Å². The number of carbonyl (C=O) groups excluding carboxylic acids is 2. The van der Waals surface area contributed by atoms with Gasteiger partial charge in [-0.05, 0) is 49.6 Å². The Morgan fingerprint density at radius 1 is 1.19 bits per heavy atom. The Hall–Kier alpha value is -3.22. The molecule has 0 fully saturated rings. The van der Waals surface area contributed by atoms with E-state index in [-0.39, 0.29) is 17.5 Å². The summed E-state index contributed by atoms with van der Waals surface area (Å²) in [7, 11) is 0. The van der Waals surface area contributed by atoms with Crippen LogP contribution in [-0.4, -0.2) is 23.3 Å². The highest BCUT2D eigenvalue weighted by molar-refractivity contribution is 6.05. The van der Waals surface area contributed by atoms with Crippen LogP contribution >= 0.6 is 0 Å². The van der Waals surface area contributed by atoms with E-state index in [9.17, 15) is 19.7 Å². The molecule has 26 heavy (non-hydrogen) atoms. The number of nitro benzene ring substituents is 1. The first-order valence-electron chi connectivity index (χ1n) is 8.34. The summed E-state index contributed by atoms with van der Waals surface area (Å²) >= 11 is 0. The van der Waals surface area contributed by atoms with Gasteiger partial charge in [-0.25, -0.2) is 0 Å². The number of rotatable bonds is 3. The molecule has 0 aromatic heterocycles. The highest BCUT2D eigenvalue weighted by Crippen LogP contribution is 2.30. The Kier molecular flexibility index (Phi) is 4.71. The topological polar surface area (TPSA) is 92.6 Å². The first-order valence-corrected chi connectivity index (χ1v) is 8.34. The van der Waals surface area contributed by atoms with E-state index < -0.39 is 4.92 Å². The number of carbonyl (C=O) groups is 2. The maximum absolute atomic E-state index is 12.5. The first kappa shape index (κ1) is 17.6. The Morgan fingerprint density at radius 2 is 1.96 bits per heavy atom. The minimum Gasteiger partial charge on any atom is -0.322 e. The van der Waals surface area contributed by atoms with Gasteiger partial charge in [0.1, 0.15) is 0 Å². The monoisotopic (exact) mass is 353 g/mol. The van der Waals surface area contributed by atoms with E-state index in [4.69, 9.17) is 0 Å². The molecule has 134 valence electrons. The van der Waals surface area contributed by atoms with E-state index in [1.165, 1.54) is 25.1 Å². The second kappa shape index (κ2) is 6.95. The largest absolute Gasteiger partial charge is 0.322 e. The van der Waals surface area contributed by atoms with E-state index in [0.717, 1.165) is 24.1 Å². The van der Waals surface area contributed by atoms with Gasteiger partial charge in [0.2, 0.25) is 5.91 Å². The van der Waals surface area contributed by atoms with Crippen LogP contribution in [0.2, 0.25) is 0 Å². The number of nitrogens with one attached hydrogen (secondary N) is 1. The molecule has 0 spiro atoms. The van der Waals surface area contributed by atoms with Crippen LogP contribution in [0, 0.1) is 17.0 Å². The summed E-state index contributed by atoms with van der Waals surface area (Å²) in [4.78, 5) is 36.4. The normalized spacial score (nSPS) is 13.1. The zero-order valence-corrected chi connectivity index (χ0v) is 14.6. The highest BCUT2D eigenvalue weighted by atomic mass is 16.6. The van der Waals surface area contributed by atoms with Gasteiger partial charge in [0, 0.05) is 42.0 Å². The van der Waals surface area contributed by atoms with E-state index >= 15 is 0 Å². The molecule has 0 atom stereocenters. The number of fused-ring (bicyclic) bond motifs is 1. The van der Waals surface area contributed by atoms with Crippen molar-refractivity contribution in [2.24, 2.45) is 0 Å². The van der Waals surface area contributed by atoms with Crippen LogP contribution in [0.1, 0.15) is 34.8 Å². The molecular formula is C19H19N3O4. The fourth-order valence-corrected chi connectivity index (χ4v) is 3.18. The lowest BCUT2D eigenvalue weighted by Crippen LogP contribution is -2.33. The summed E-state index contributed by atoms with van der Waals surface area (Å²) < 4.78 is 0. The third-order valence-electron chi connectivity index (χ3n) is 4.50. The summed E-state index contributed by atoms with van der Waals surface area (Å²) in [5.41, 5.74) is 3.23. The van der Waals surface area contributed by atoms with Crippen LogP contribution in [0.5, 0.6) is 0 Å². The lowest BCUT2D eigenvalue weighted by atomic mass is 10.0. The molecule has 0 unspecified atom stereocenters. The maximum atomic E-state index is 12.5. The van der Waals surface area contributed by atoms with Gasteiger partial charge < -0.3 is 10.2 Å². The smallest absolute Gasteiger partial charge is 0.272 e. The molecule has 0 saturated carbocycles. The molecule has 7 nitrogen and oxygen atoms in total. The van der Waals surface area contributed by atoms with Crippen molar-refractivity contribution in [2.75, 3.05) is 16.8 Å². The molecule has 3 rings (SSSR count). The van der Waals surface area contributed by atoms with E-state index in [0.29, 0.717) is 23.4 Å². The minimum absolute atomic E-state index is 0.0209. The highest BCUT2D eigenvalue weighted by Gasteiger charge is 2.21. The van der Waals surface area contributed by atoms with Gasteiger partial charge in [-0.3, -0.25) is 19.7 Å². The van der Waals surface area contributed by atoms with E-state index in [1.807, 2.05) is 6.07 Å². The number of hydrogen-bond acceptors (Lipinski definition) is 4. The van der Waals surface area contributed by atoms with Gasteiger partial charge in [0.05, 0.1) is 4.92 Å². The SMILES string of the molecule is CC(=O)N1CCCc2ccc(NC(=O)c3ccc([N+](=O)[O-])c(C)c3)cc21. The van der Waals surface area contributed by atoms with Crippen LogP contribution in [0.15, 0.2) is 36.4 Å². The minimum atomic E-state index is -0.475. The number of amides is 2. The van der Waals surface area contributed by atoms with Crippen molar-refractivity contribution < 1.29 is 14.5 Å². The van der Waals surface area contributed by atoms with Crippen molar-refractivity contribution >= 4 is 28.9 Å². The molecule has 2 aromatic carbocycles. The predicted molar refractivity (Wildman–Crippen MR) is 98.6 cm³/mol. The standard InChI is InChI=1S/C19H19N3O4/c1-12-10-15(6-8-17(12)22(25)26)19(24)20-16-7-5-14-4-3-9-21(13(2)23)18(14)11-16/h5-8,10-11H,3-4,9H2,1-2H3,(H,20,24). The number of anilines is 2. The second-order valence-corrected chi connectivity index (χ2v) is 6.33. The third kappa shape index (κ3) is 3.42. The lowest BCUT2D eigenvalue weighted by Gasteiger charge is -2.29. The maximum Gasteiger partial charge on any atom is 0.272 e. The predicted octanol–water partition coefficient (Wildman–Crippen LogP) is 3.45. The summed E-state index contributed by atoms with van der Waals surface area (Å²) in [5, 5.41) is 13.7. The molecule has 1 heterocycles. The fourth-order valence-electron chi connectivity index (χ4n) is 3.18. The Balaban J connectivity index is 1.84. The number of nitro groups is 1. The van der Waals surface area contributed by atoms with Crippen LogP contribution in [0.25, 0.3) is 0 Å². The number of hydrogen-bond donors (Lipinski definition) is 1. The molecule has 0 radical (unpaired) electrons. The quantitative estimate of drug-likeness (QED) is 0.675. The number of benzene rings is 2. The van der Waals surface area contributed by atoms with Crippen molar-refractivity contribution in [1.29, 1.82) is 0 Å². The molecule has 7 heteroatoms. The average Bonchev–Trinajstić information content (AvgIpc) is 2.60. The van der Waals surface area contributed by atoms with Gasteiger partial charge in [0.15, 0.2) is 0 Å². The van der Waals surface area contributed by atoms with Crippen LogP contribution < -0.4 is 10.2 Å². The summed E-state index contributed by atoms with van der Waals surface area (Å²) in [6, 6.07) is 9.77. The number of nitrogens with zero attached hydrogens (tertiary/aromatic N) is 2. The van der Waals surface area contributed by atoms with Crippen molar-refractivity contribution in [3.63, 3.8) is 0 Å². The Morgan fingerprint density at radius 3 is 2.62 bits per heavy atom. The molecule has 1 N–H and O–H groups in total. The average molecular weight is 353 g/mol. The molecule has 1 aliphatic heterocycles. The van der Waals surface area contributed by atoms with Crippen molar-refractivity contribution in [1.82, 2.24) is 0 Å². The Bertz CT molecular complexity index is 908. The van der Waals surface area contributed by atoms with Gasteiger partial charge >= 0.3 is 0 Å². The van der Waals surface area contributed by atoms with Crippen molar-refractivity contribution in [3.8, 4) is 0 Å². The summed E-state index contributed by atoms with van der Waals surface area (Å²) in [5.74, 6) is -0.381. The van der Waals surface area contributed by atoms with Crippen molar-refractivity contribution in [2.45, 2.75) is 26.7 Å². The zero-order valence-electron chi connectivity index (χ0n) is 14.6. The lowest BCUT2D eigenvalue weighted by molar-refractivity contribution is -0.385. The summed E-state index contributed by atoms with van der Waals surface area (Å²) in [6.07, 6.45) is 1.81. The zero-order chi connectivity index (χ0) is 18.8. The third-order valence-corrected chi connectivity index (χ3v) is 4.50. The number of aryl methyl sites for hydroxylation is 2. The summed E-state index contributed by atoms with van der Waals surface area (Å²) in [6.45, 7) is 3.79. The van der Waals surface area contributed by atoms with E-state index in [1.54, 1.807) is 24.0 Å². The van der Waals surface area contributed by atoms with Gasteiger partial charge in [-0.15, -0.1) is 0 Å². The fraction of sp³-hybridized carbons (Fsp3) is 0.263. The van der Waals surface area contributed by atoms with Crippen molar-refractivity contribution in [3.05, 3.63) is 63.2 Å². The van der Waals surface area contributed by atoms with Crippen LogP contribution in [-0.2, 0) is 11.2 Å².